The summed E-state index contributed by atoms with van der Waals surface area (Å²) in [6, 6.07) is 9.58. The molecule has 8 nitrogen and oxygen atoms in total. The minimum atomic E-state index is -0.460. The maximum Gasteiger partial charge on any atom is 0.353 e. The topological polar surface area (TPSA) is 102 Å². The van der Waals surface area contributed by atoms with Gasteiger partial charge in [0.25, 0.3) is 0 Å². The number of hydrogen-bond donors (Lipinski definition) is 2. The zero-order valence-electron chi connectivity index (χ0n) is 14.0. The van der Waals surface area contributed by atoms with Gasteiger partial charge in [-0.1, -0.05) is 30.3 Å². The van der Waals surface area contributed by atoms with Gasteiger partial charge in [0.15, 0.2) is 0 Å². The summed E-state index contributed by atoms with van der Waals surface area (Å²) in [4.78, 5) is 19.2. The first-order chi connectivity index (χ1) is 12.1. The van der Waals surface area contributed by atoms with Crippen molar-refractivity contribution in [2.45, 2.75) is 31.9 Å². The molecule has 1 saturated heterocycles. The molecule has 2 atom stereocenters. The number of nitrogens with zero attached hydrogens (tertiary/aromatic N) is 3. The summed E-state index contributed by atoms with van der Waals surface area (Å²) in [7, 11) is 0. The van der Waals surface area contributed by atoms with Crippen LogP contribution in [0.15, 0.2) is 36.7 Å². The van der Waals surface area contributed by atoms with E-state index in [4.69, 9.17) is 4.74 Å². The molecule has 0 bridgehead atoms. The first kappa shape index (κ1) is 17.1. The van der Waals surface area contributed by atoms with Gasteiger partial charge in [-0.3, -0.25) is 10.1 Å². The molecule has 2 unspecified atom stereocenters. The van der Waals surface area contributed by atoms with E-state index in [1.165, 1.54) is 6.33 Å². The molecule has 0 aliphatic carbocycles. The second kappa shape index (κ2) is 7.89. The van der Waals surface area contributed by atoms with Crippen molar-refractivity contribution in [3.05, 3.63) is 52.3 Å². The van der Waals surface area contributed by atoms with E-state index >= 15 is 0 Å². The molecule has 2 N–H and O–H groups in total. The molecule has 1 aliphatic rings. The summed E-state index contributed by atoms with van der Waals surface area (Å²) in [5.41, 5.74) is 0.868. The Morgan fingerprint density at radius 2 is 2.08 bits per heavy atom. The number of aromatic nitrogens is 2. The summed E-state index contributed by atoms with van der Waals surface area (Å²) in [5.74, 6) is 0.407. The van der Waals surface area contributed by atoms with Crippen LogP contribution < -0.4 is 10.6 Å². The first-order valence-electron chi connectivity index (χ1n) is 8.31. The highest BCUT2D eigenvalue weighted by Crippen LogP contribution is 2.31. The minimum absolute atomic E-state index is 0.0641. The van der Waals surface area contributed by atoms with Crippen LogP contribution in [0.3, 0.4) is 0 Å². The largest absolute Gasteiger partial charge is 0.376 e. The number of anilines is 2. The van der Waals surface area contributed by atoms with Gasteiger partial charge in [0, 0.05) is 13.2 Å². The fourth-order valence-corrected chi connectivity index (χ4v) is 2.83. The van der Waals surface area contributed by atoms with E-state index in [2.05, 4.69) is 20.6 Å². The van der Waals surface area contributed by atoms with Gasteiger partial charge in [0.1, 0.15) is 6.33 Å². The third-order valence-corrected chi connectivity index (χ3v) is 4.18. The van der Waals surface area contributed by atoms with Crippen molar-refractivity contribution >= 4 is 17.3 Å². The number of hydrogen-bond acceptors (Lipinski definition) is 7. The Morgan fingerprint density at radius 1 is 1.32 bits per heavy atom. The molecule has 1 aromatic carbocycles. The fraction of sp³-hybridized carbons (Fsp3) is 0.412. The van der Waals surface area contributed by atoms with E-state index in [-0.39, 0.29) is 29.5 Å². The predicted octanol–water partition coefficient (Wildman–Crippen LogP) is 3.15. The number of ether oxygens (including phenoxy) is 1. The lowest BCUT2D eigenvalue weighted by atomic mass is 10.1. The quantitative estimate of drug-likeness (QED) is 0.588. The monoisotopic (exact) mass is 343 g/mol. The lowest BCUT2D eigenvalue weighted by Crippen LogP contribution is -2.20. The molecule has 132 valence electrons. The highest BCUT2D eigenvalue weighted by Gasteiger charge is 2.25. The van der Waals surface area contributed by atoms with Crippen LogP contribution >= 0.6 is 0 Å². The van der Waals surface area contributed by atoms with E-state index in [1.54, 1.807) is 0 Å². The zero-order chi connectivity index (χ0) is 17.6. The number of nitro groups is 1. The third kappa shape index (κ3) is 4.21. The predicted molar refractivity (Wildman–Crippen MR) is 94.6 cm³/mol. The second-order valence-corrected chi connectivity index (χ2v) is 5.97. The third-order valence-electron chi connectivity index (χ3n) is 4.18. The standard InChI is InChI=1S/C17H21N5O3/c1-12(13-6-3-2-4-7-13)21-17-15(22(23)24)16(19-11-20-17)18-10-14-8-5-9-25-14/h2-4,6-7,11-12,14H,5,8-10H2,1H3,(H2,18,19,20,21). The van der Waals surface area contributed by atoms with Crippen LogP contribution in [-0.4, -0.2) is 34.1 Å². The van der Waals surface area contributed by atoms with Gasteiger partial charge in [-0.2, -0.15) is 0 Å². The molecule has 0 saturated carbocycles. The Morgan fingerprint density at radius 3 is 2.76 bits per heavy atom. The fourth-order valence-electron chi connectivity index (χ4n) is 2.83. The minimum Gasteiger partial charge on any atom is -0.376 e. The maximum atomic E-state index is 11.6. The summed E-state index contributed by atoms with van der Waals surface area (Å²) in [6.07, 6.45) is 3.35. The summed E-state index contributed by atoms with van der Waals surface area (Å²) < 4.78 is 5.54. The summed E-state index contributed by atoms with van der Waals surface area (Å²) in [5, 5.41) is 17.7. The van der Waals surface area contributed by atoms with Gasteiger partial charge in [-0.05, 0) is 25.3 Å². The highest BCUT2D eigenvalue weighted by molar-refractivity contribution is 5.69. The Labute approximate surface area is 145 Å². The van der Waals surface area contributed by atoms with Crippen molar-refractivity contribution in [2.24, 2.45) is 0 Å². The molecule has 1 aromatic heterocycles. The van der Waals surface area contributed by atoms with E-state index < -0.39 is 4.92 Å². The second-order valence-electron chi connectivity index (χ2n) is 5.97. The Hall–Kier alpha value is -2.74. The van der Waals surface area contributed by atoms with E-state index in [0.29, 0.717) is 6.54 Å². The first-order valence-corrected chi connectivity index (χ1v) is 8.31. The van der Waals surface area contributed by atoms with Gasteiger partial charge in [-0.15, -0.1) is 0 Å². The van der Waals surface area contributed by atoms with Crippen LogP contribution in [0.4, 0.5) is 17.3 Å². The molecule has 1 aliphatic heterocycles. The van der Waals surface area contributed by atoms with E-state index in [9.17, 15) is 10.1 Å². The molecule has 8 heteroatoms. The lowest BCUT2D eigenvalue weighted by molar-refractivity contribution is -0.383. The van der Waals surface area contributed by atoms with Crippen LogP contribution in [0.1, 0.15) is 31.4 Å². The molecular weight excluding hydrogens is 322 g/mol. The molecular formula is C17H21N5O3. The highest BCUT2D eigenvalue weighted by atomic mass is 16.6. The zero-order valence-corrected chi connectivity index (χ0v) is 14.0. The van der Waals surface area contributed by atoms with Crippen molar-refractivity contribution < 1.29 is 9.66 Å². The van der Waals surface area contributed by atoms with Crippen LogP contribution in [0.5, 0.6) is 0 Å². The summed E-state index contributed by atoms with van der Waals surface area (Å²) in [6.45, 7) is 3.16. The molecule has 2 aromatic rings. The normalized spacial score (nSPS) is 17.9. The van der Waals surface area contributed by atoms with Crippen molar-refractivity contribution in [1.29, 1.82) is 0 Å². The number of benzene rings is 1. The van der Waals surface area contributed by atoms with E-state index in [1.807, 2.05) is 37.3 Å². The van der Waals surface area contributed by atoms with Crippen LogP contribution in [0.25, 0.3) is 0 Å². The van der Waals surface area contributed by atoms with Gasteiger partial charge < -0.3 is 15.4 Å². The molecule has 2 heterocycles. The molecule has 0 spiro atoms. The lowest BCUT2D eigenvalue weighted by Gasteiger charge is -2.16. The summed E-state index contributed by atoms with van der Waals surface area (Å²) >= 11 is 0. The Bertz CT molecular complexity index is 719. The molecule has 25 heavy (non-hydrogen) atoms. The van der Waals surface area contributed by atoms with Crippen molar-refractivity contribution in [3.63, 3.8) is 0 Å². The molecule has 0 radical (unpaired) electrons. The SMILES string of the molecule is CC(Nc1ncnc(NCC2CCCO2)c1[N+](=O)[O-])c1ccccc1. The maximum absolute atomic E-state index is 11.6. The average Bonchev–Trinajstić information content (AvgIpc) is 3.14. The molecule has 0 amide bonds. The number of rotatable bonds is 7. The average molecular weight is 343 g/mol. The van der Waals surface area contributed by atoms with Gasteiger partial charge >= 0.3 is 5.69 Å². The van der Waals surface area contributed by atoms with Crippen molar-refractivity contribution in [2.75, 3.05) is 23.8 Å². The van der Waals surface area contributed by atoms with Crippen molar-refractivity contribution in [3.8, 4) is 0 Å². The van der Waals surface area contributed by atoms with E-state index in [0.717, 1.165) is 25.0 Å². The van der Waals surface area contributed by atoms with Crippen LogP contribution in [0.2, 0.25) is 0 Å². The van der Waals surface area contributed by atoms with Gasteiger partial charge in [0.05, 0.1) is 17.1 Å². The van der Waals surface area contributed by atoms with Gasteiger partial charge in [-0.25, -0.2) is 9.97 Å². The molecule has 1 fully saturated rings. The van der Waals surface area contributed by atoms with Crippen LogP contribution in [0, 0.1) is 10.1 Å². The van der Waals surface area contributed by atoms with Gasteiger partial charge in [0.2, 0.25) is 11.6 Å². The van der Waals surface area contributed by atoms with Crippen molar-refractivity contribution in [1.82, 2.24) is 9.97 Å². The Balaban J connectivity index is 1.78. The van der Waals surface area contributed by atoms with Crippen LogP contribution in [-0.2, 0) is 4.74 Å². The smallest absolute Gasteiger partial charge is 0.353 e. The number of nitrogens with one attached hydrogen (secondary N) is 2. The Kier molecular flexibility index (Phi) is 5.39. The molecule has 3 rings (SSSR count).